The van der Waals surface area contributed by atoms with E-state index in [-0.39, 0.29) is 16.7 Å². The van der Waals surface area contributed by atoms with E-state index >= 15 is 0 Å². The first kappa shape index (κ1) is 36.9. The number of fused-ring (bicyclic) bond motifs is 7. The molecule has 0 bridgehead atoms. The minimum absolute atomic E-state index is 0.0975. The third-order valence-corrected chi connectivity index (χ3v) is 19.1. The molecule has 1 heterocycles. The van der Waals surface area contributed by atoms with Crippen molar-refractivity contribution >= 4 is 15.8 Å². The van der Waals surface area contributed by atoms with Crippen molar-refractivity contribution in [3.8, 4) is 0 Å². The number of sulfone groups is 1. The number of hydrogen-bond acceptors (Lipinski definition) is 5. The molecule has 1 saturated heterocycles. The molecule has 6 nitrogen and oxygen atoms in total. The lowest BCUT2D eigenvalue weighted by Crippen LogP contribution is -2.66. The predicted octanol–water partition coefficient (Wildman–Crippen LogP) is 8.31. The highest BCUT2D eigenvalue weighted by atomic mass is 32.2. The van der Waals surface area contributed by atoms with Crippen LogP contribution in [0.1, 0.15) is 119 Å². The number of rotatable bonds is 8. The Bertz CT molecular complexity index is 1530. The van der Waals surface area contributed by atoms with Crippen molar-refractivity contribution in [3.63, 3.8) is 0 Å². The summed E-state index contributed by atoms with van der Waals surface area (Å²) in [6.45, 7) is 24.4. The highest BCUT2D eigenvalue weighted by Crippen LogP contribution is 2.77. The van der Waals surface area contributed by atoms with Crippen LogP contribution in [0.4, 0.5) is 0 Å². The molecule has 4 saturated carbocycles. The van der Waals surface area contributed by atoms with Crippen LogP contribution in [0.15, 0.2) is 35.5 Å². The summed E-state index contributed by atoms with van der Waals surface area (Å²) >= 11 is 0. The topological polar surface area (TPSA) is 86.7 Å². The molecule has 6 aliphatic carbocycles. The summed E-state index contributed by atoms with van der Waals surface area (Å²) in [5, 5.41) is 13.6. The van der Waals surface area contributed by atoms with Crippen LogP contribution in [0, 0.1) is 62.6 Å². The van der Waals surface area contributed by atoms with Crippen LogP contribution in [0.3, 0.4) is 0 Å². The van der Waals surface area contributed by atoms with Crippen molar-refractivity contribution in [2.24, 2.45) is 62.6 Å². The molecule has 1 unspecified atom stereocenters. The van der Waals surface area contributed by atoms with Crippen LogP contribution in [-0.2, 0) is 14.6 Å². The Balaban J connectivity index is 1.11. The smallest absolute Gasteiger partial charge is 0.306 e. The Morgan fingerprint density at radius 1 is 0.940 bits per heavy atom. The summed E-state index contributed by atoms with van der Waals surface area (Å²) in [6, 6.07) is 0. The maximum Gasteiger partial charge on any atom is 0.306 e. The number of aliphatic carboxylic acids is 1. The second-order valence-corrected chi connectivity index (χ2v) is 22.1. The lowest BCUT2D eigenvalue weighted by molar-refractivity contribution is -0.226. The van der Waals surface area contributed by atoms with E-state index in [1.165, 1.54) is 68.1 Å². The number of carboxylic acid groups (broad SMARTS) is 1. The van der Waals surface area contributed by atoms with Crippen molar-refractivity contribution < 1.29 is 18.3 Å². The fraction of sp³-hybridized carbons (Fsp3) is 0.837. The fourth-order valence-electron chi connectivity index (χ4n) is 14.6. The number of hydrogen-bond donors (Lipinski definition) is 2. The van der Waals surface area contributed by atoms with Gasteiger partial charge in [0.2, 0.25) is 0 Å². The predicted molar refractivity (Wildman–Crippen MR) is 203 cm³/mol. The molecule has 0 aromatic carbocycles. The minimum atomic E-state index is -2.84. The lowest BCUT2D eigenvalue weighted by Gasteiger charge is -2.72. The molecule has 10 atom stereocenters. The summed E-state index contributed by atoms with van der Waals surface area (Å²) in [7, 11) is -2.84. The molecule has 7 aliphatic rings. The molecule has 7 rings (SSSR count). The molecule has 1 aliphatic heterocycles. The van der Waals surface area contributed by atoms with E-state index < -0.39 is 15.8 Å². The van der Waals surface area contributed by atoms with Gasteiger partial charge in [0.1, 0.15) is 0 Å². The van der Waals surface area contributed by atoms with Gasteiger partial charge >= 0.3 is 5.97 Å². The molecule has 5 fully saturated rings. The van der Waals surface area contributed by atoms with Crippen LogP contribution >= 0.6 is 0 Å². The Hall–Kier alpha value is -1.44. The van der Waals surface area contributed by atoms with Crippen molar-refractivity contribution in [1.82, 2.24) is 10.2 Å². The third-order valence-electron chi connectivity index (χ3n) is 17.4. The van der Waals surface area contributed by atoms with Crippen LogP contribution in [0.25, 0.3) is 0 Å². The van der Waals surface area contributed by atoms with E-state index in [4.69, 9.17) is 0 Å². The standard InChI is InChI=1S/C43H68N2O4S/c1-29(2)32-14-19-43(28-44-22-23-45-24-26-50(48,49)27-25-45)21-20-41(6)34(37(32)43)12-13-36-40(5)17-15-33(30-8-10-31(11-9-30)38(46)47)39(3,4)35(40)16-18-42(36,41)7/h8,15,31-32,34-37,44H,1,9-14,16-28H2,2-7H3,(H,46,47)/t31?,32-,34+,35-,36+,37+,40-,41+,42+,43+/m0/s1. The highest BCUT2D eigenvalue weighted by Gasteiger charge is 2.70. The van der Waals surface area contributed by atoms with E-state index in [1.54, 1.807) is 0 Å². The Morgan fingerprint density at radius 2 is 1.68 bits per heavy atom. The van der Waals surface area contributed by atoms with Crippen molar-refractivity contribution in [1.29, 1.82) is 0 Å². The molecule has 0 radical (unpaired) electrons. The minimum Gasteiger partial charge on any atom is -0.481 e. The Morgan fingerprint density at radius 3 is 2.34 bits per heavy atom. The van der Waals surface area contributed by atoms with Gasteiger partial charge in [-0.3, -0.25) is 4.79 Å². The zero-order chi connectivity index (χ0) is 35.9. The first-order valence-electron chi connectivity index (χ1n) is 20.4. The molecule has 0 amide bonds. The van der Waals surface area contributed by atoms with Gasteiger partial charge in [0, 0.05) is 32.7 Å². The van der Waals surface area contributed by atoms with Crippen molar-refractivity contribution in [3.05, 3.63) is 35.5 Å². The largest absolute Gasteiger partial charge is 0.481 e. The van der Waals surface area contributed by atoms with Crippen LogP contribution < -0.4 is 5.32 Å². The number of nitrogens with zero attached hydrogens (tertiary/aromatic N) is 1. The van der Waals surface area contributed by atoms with Crippen LogP contribution in [0.2, 0.25) is 0 Å². The van der Waals surface area contributed by atoms with Crippen molar-refractivity contribution in [2.45, 2.75) is 119 Å². The van der Waals surface area contributed by atoms with Crippen LogP contribution in [0.5, 0.6) is 0 Å². The number of allylic oxidation sites excluding steroid dienone is 5. The van der Waals surface area contributed by atoms with E-state index in [0.29, 0.717) is 70.9 Å². The number of carbonyl (C=O) groups is 1. The molecular formula is C43H68N2O4S. The van der Waals surface area contributed by atoms with E-state index in [9.17, 15) is 18.3 Å². The normalized spacial score (nSPS) is 45.2. The van der Waals surface area contributed by atoms with Gasteiger partial charge in [-0.25, -0.2) is 8.42 Å². The molecule has 0 spiro atoms. The third kappa shape index (κ3) is 5.76. The molecule has 0 aromatic rings. The average molecular weight is 709 g/mol. The molecule has 50 heavy (non-hydrogen) atoms. The average Bonchev–Trinajstić information content (AvgIpc) is 3.44. The zero-order valence-corrected chi connectivity index (χ0v) is 33.1. The summed E-state index contributed by atoms with van der Waals surface area (Å²) in [5.41, 5.74) is 5.72. The van der Waals surface area contributed by atoms with Crippen molar-refractivity contribution in [2.75, 3.05) is 44.2 Å². The molecule has 2 N–H and O–H groups in total. The fourth-order valence-corrected chi connectivity index (χ4v) is 15.9. The summed E-state index contributed by atoms with van der Waals surface area (Å²) < 4.78 is 23.9. The second kappa shape index (κ2) is 12.9. The monoisotopic (exact) mass is 708 g/mol. The van der Waals surface area contributed by atoms with Gasteiger partial charge in [0.15, 0.2) is 9.84 Å². The maximum atomic E-state index is 11.9. The summed E-state index contributed by atoms with van der Waals surface area (Å²) in [6.07, 6.45) is 18.9. The van der Waals surface area contributed by atoms with Gasteiger partial charge in [-0.15, -0.1) is 0 Å². The first-order chi connectivity index (χ1) is 23.5. The summed E-state index contributed by atoms with van der Waals surface area (Å²) in [5.74, 6) is 3.15. The summed E-state index contributed by atoms with van der Waals surface area (Å²) in [4.78, 5) is 14.0. The van der Waals surface area contributed by atoms with Gasteiger partial charge in [0.25, 0.3) is 0 Å². The highest BCUT2D eigenvalue weighted by molar-refractivity contribution is 7.91. The van der Waals surface area contributed by atoms with Gasteiger partial charge in [-0.2, -0.15) is 0 Å². The molecular weight excluding hydrogens is 641 g/mol. The van der Waals surface area contributed by atoms with E-state index in [1.807, 2.05) is 0 Å². The number of carboxylic acids is 1. The molecule has 280 valence electrons. The van der Waals surface area contributed by atoms with E-state index in [0.717, 1.165) is 44.8 Å². The van der Waals surface area contributed by atoms with Gasteiger partial charge in [-0.05, 0) is 152 Å². The van der Waals surface area contributed by atoms with Gasteiger partial charge < -0.3 is 15.3 Å². The first-order valence-corrected chi connectivity index (χ1v) is 22.2. The van der Waals surface area contributed by atoms with Crippen LogP contribution in [-0.4, -0.2) is 68.6 Å². The quantitative estimate of drug-likeness (QED) is 0.195. The lowest BCUT2D eigenvalue weighted by atomic mass is 9.32. The number of nitrogens with one attached hydrogen (secondary N) is 1. The second-order valence-electron chi connectivity index (χ2n) is 19.8. The van der Waals surface area contributed by atoms with Gasteiger partial charge in [0.05, 0.1) is 17.4 Å². The zero-order valence-electron chi connectivity index (χ0n) is 32.3. The maximum absolute atomic E-state index is 11.9. The molecule has 0 aromatic heterocycles. The Kier molecular flexibility index (Phi) is 9.49. The van der Waals surface area contributed by atoms with E-state index in [2.05, 4.69) is 70.5 Å². The Labute approximate surface area is 304 Å². The SMILES string of the molecule is C=C(C)[C@@H]1CC[C@]2(CNCCN3CCS(=O)(=O)CC3)CC[C@]3(C)[C@H](CC[C@@H]4[C@@]5(C)CC=C(C6=CCC(C(=O)O)CC6)C(C)(C)[C@@H]5CC[C@]43C)[C@@H]12. The molecule has 7 heteroatoms. The van der Waals surface area contributed by atoms with Gasteiger partial charge in [-0.1, -0.05) is 58.9 Å².